The summed E-state index contributed by atoms with van der Waals surface area (Å²) in [5.41, 5.74) is 2.69. The summed E-state index contributed by atoms with van der Waals surface area (Å²) in [6.45, 7) is 0.407. The zero-order valence-corrected chi connectivity index (χ0v) is 14.8. The molecule has 0 unspecified atom stereocenters. The number of aromatic nitrogens is 2. The minimum absolute atomic E-state index is 0.0165. The molecule has 6 nitrogen and oxygen atoms in total. The first-order chi connectivity index (χ1) is 13.3. The molecule has 0 bridgehead atoms. The Balaban J connectivity index is 1.64. The highest BCUT2D eigenvalue weighted by Crippen LogP contribution is 2.21. The zero-order valence-electron chi connectivity index (χ0n) is 14.8. The van der Waals surface area contributed by atoms with E-state index in [1.807, 2.05) is 31.2 Å². The van der Waals surface area contributed by atoms with E-state index >= 15 is 0 Å². The molecular weight excluding hydrogens is 375 g/mol. The van der Waals surface area contributed by atoms with E-state index in [1.54, 1.807) is 0 Å². The topological polar surface area (TPSA) is 77.2 Å². The SMILES string of the molecule is Cc1ccc(-c2cc(C(=O)NCc3cccnc3OCC(F)(F)F)on2)cc1. The Hall–Kier alpha value is -3.36. The smallest absolute Gasteiger partial charge is 0.422 e. The number of nitrogens with zero attached hydrogens (tertiary/aromatic N) is 2. The number of hydrogen-bond acceptors (Lipinski definition) is 5. The van der Waals surface area contributed by atoms with Gasteiger partial charge >= 0.3 is 6.18 Å². The third-order valence-corrected chi connectivity index (χ3v) is 3.74. The van der Waals surface area contributed by atoms with Gasteiger partial charge in [0.2, 0.25) is 11.6 Å². The lowest BCUT2D eigenvalue weighted by molar-refractivity contribution is -0.154. The van der Waals surface area contributed by atoms with Crippen LogP contribution in [0.1, 0.15) is 21.7 Å². The maximum Gasteiger partial charge on any atom is 0.422 e. The molecule has 28 heavy (non-hydrogen) atoms. The monoisotopic (exact) mass is 391 g/mol. The standard InChI is InChI=1S/C19H16F3N3O3/c1-12-4-6-13(7-5-12)15-9-16(28-25-15)17(26)24-10-14-3-2-8-23-18(14)27-11-19(20,21)22/h2-9H,10-11H2,1H3,(H,24,26). The van der Waals surface area contributed by atoms with Gasteiger partial charge in [0.05, 0.1) is 0 Å². The summed E-state index contributed by atoms with van der Waals surface area (Å²) in [6, 6.07) is 12.1. The number of carbonyl (C=O) groups excluding carboxylic acids is 1. The van der Waals surface area contributed by atoms with Crippen LogP contribution in [0.4, 0.5) is 13.2 Å². The highest BCUT2D eigenvalue weighted by Gasteiger charge is 2.29. The Morgan fingerprint density at radius 3 is 2.68 bits per heavy atom. The third kappa shape index (κ3) is 5.09. The van der Waals surface area contributed by atoms with Crippen LogP contribution in [0.25, 0.3) is 11.3 Å². The number of alkyl halides is 3. The van der Waals surface area contributed by atoms with E-state index in [0.717, 1.165) is 11.1 Å². The molecule has 0 aliphatic heterocycles. The maximum absolute atomic E-state index is 12.3. The molecule has 0 aliphatic rings. The highest BCUT2D eigenvalue weighted by atomic mass is 19.4. The van der Waals surface area contributed by atoms with Gasteiger partial charge in [-0.25, -0.2) is 4.98 Å². The van der Waals surface area contributed by atoms with Crippen LogP contribution < -0.4 is 10.1 Å². The van der Waals surface area contributed by atoms with E-state index in [-0.39, 0.29) is 18.2 Å². The van der Waals surface area contributed by atoms with Crippen molar-refractivity contribution < 1.29 is 27.2 Å². The molecule has 0 saturated heterocycles. The van der Waals surface area contributed by atoms with Crippen LogP contribution in [0, 0.1) is 6.92 Å². The van der Waals surface area contributed by atoms with E-state index in [0.29, 0.717) is 11.3 Å². The number of carbonyl (C=O) groups is 1. The molecule has 2 aromatic heterocycles. The molecule has 0 spiro atoms. The highest BCUT2D eigenvalue weighted by molar-refractivity contribution is 5.92. The van der Waals surface area contributed by atoms with Gasteiger partial charge in [-0.2, -0.15) is 13.2 Å². The van der Waals surface area contributed by atoms with Gasteiger partial charge in [0.15, 0.2) is 6.61 Å². The molecule has 3 rings (SSSR count). The van der Waals surface area contributed by atoms with Crippen LogP contribution in [0.5, 0.6) is 5.88 Å². The van der Waals surface area contributed by atoms with E-state index < -0.39 is 18.7 Å². The zero-order chi connectivity index (χ0) is 20.1. The fourth-order valence-corrected chi connectivity index (χ4v) is 2.34. The molecule has 1 N–H and O–H groups in total. The first kappa shape index (κ1) is 19.4. The number of halogens is 3. The van der Waals surface area contributed by atoms with Crippen LogP contribution in [-0.2, 0) is 6.54 Å². The summed E-state index contributed by atoms with van der Waals surface area (Å²) in [5.74, 6) is -0.772. The van der Waals surface area contributed by atoms with Gasteiger partial charge in [0.25, 0.3) is 5.91 Å². The van der Waals surface area contributed by atoms with Gasteiger partial charge in [-0.05, 0) is 13.0 Å². The number of pyridine rings is 1. The quantitative estimate of drug-likeness (QED) is 0.689. The average molecular weight is 391 g/mol. The largest absolute Gasteiger partial charge is 0.468 e. The van der Waals surface area contributed by atoms with E-state index in [9.17, 15) is 18.0 Å². The molecule has 9 heteroatoms. The van der Waals surface area contributed by atoms with Crippen molar-refractivity contribution in [3.05, 3.63) is 65.5 Å². The predicted octanol–water partition coefficient (Wildman–Crippen LogP) is 3.92. The van der Waals surface area contributed by atoms with Crippen molar-refractivity contribution in [3.8, 4) is 17.1 Å². The molecular formula is C19H16F3N3O3. The van der Waals surface area contributed by atoms with Crippen LogP contribution >= 0.6 is 0 Å². The van der Waals surface area contributed by atoms with Gasteiger partial charge in [0.1, 0.15) is 5.69 Å². The lowest BCUT2D eigenvalue weighted by Gasteiger charge is -2.12. The predicted molar refractivity (Wildman–Crippen MR) is 93.6 cm³/mol. The summed E-state index contributed by atoms with van der Waals surface area (Å²) in [7, 11) is 0. The van der Waals surface area contributed by atoms with Crippen molar-refractivity contribution in [2.75, 3.05) is 6.61 Å². The normalized spacial score (nSPS) is 11.3. The van der Waals surface area contributed by atoms with Crippen LogP contribution in [-0.4, -0.2) is 28.8 Å². The number of benzene rings is 1. The fraction of sp³-hybridized carbons (Fsp3) is 0.211. The number of amides is 1. The van der Waals surface area contributed by atoms with E-state index in [4.69, 9.17) is 4.52 Å². The van der Waals surface area contributed by atoms with E-state index in [1.165, 1.54) is 24.4 Å². The Kier molecular flexibility index (Phi) is 5.62. The first-order valence-electron chi connectivity index (χ1n) is 8.27. The second-order valence-electron chi connectivity index (χ2n) is 6.00. The average Bonchev–Trinajstić information content (AvgIpc) is 3.15. The Morgan fingerprint density at radius 2 is 1.96 bits per heavy atom. The molecule has 0 fully saturated rings. The molecule has 2 heterocycles. The molecule has 0 radical (unpaired) electrons. The lowest BCUT2D eigenvalue weighted by Crippen LogP contribution is -2.24. The summed E-state index contributed by atoms with van der Waals surface area (Å²) in [5, 5.41) is 6.42. The third-order valence-electron chi connectivity index (χ3n) is 3.74. The number of hydrogen-bond donors (Lipinski definition) is 1. The minimum Gasteiger partial charge on any atom is -0.468 e. The van der Waals surface area contributed by atoms with E-state index in [2.05, 4.69) is 20.2 Å². The maximum atomic E-state index is 12.3. The number of ether oxygens (including phenoxy) is 1. The molecule has 0 atom stereocenters. The van der Waals surface area contributed by atoms with Gasteiger partial charge in [-0.3, -0.25) is 4.79 Å². The lowest BCUT2D eigenvalue weighted by atomic mass is 10.1. The van der Waals surface area contributed by atoms with Crippen molar-refractivity contribution in [2.24, 2.45) is 0 Å². The number of aryl methyl sites for hydroxylation is 1. The van der Waals surface area contributed by atoms with Gasteiger partial charge in [-0.1, -0.05) is 41.1 Å². The molecule has 0 saturated carbocycles. The Labute approximate surface area is 158 Å². The Morgan fingerprint density at radius 1 is 1.21 bits per heavy atom. The molecule has 0 aliphatic carbocycles. The second kappa shape index (κ2) is 8.12. The van der Waals surface area contributed by atoms with Crippen LogP contribution in [0.3, 0.4) is 0 Å². The van der Waals surface area contributed by atoms with Crippen molar-refractivity contribution in [1.82, 2.24) is 15.5 Å². The first-order valence-corrected chi connectivity index (χ1v) is 8.27. The number of nitrogens with one attached hydrogen (secondary N) is 1. The molecule has 3 aromatic rings. The summed E-state index contributed by atoms with van der Waals surface area (Å²) >= 11 is 0. The van der Waals surface area contributed by atoms with Crippen molar-refractivity contribution in [3.63, 3.8) is 0 Å². The Bertz CT molecular complexity index is 953. The summed E-state index contributed by atoms with van der Waals surface area (Å²) < 4.78 is 46.7. The molecule has 1 amide bonds. The van der Waals surface area contributed by atoms with Gasteiger partial charge in [0, 0.05) is 29.9 Å². The second-order valence-corrected chi connectivity index (χ2v) is 6.00. The van der Waals surface area contributed by atoms with Crippen LogP contribution in [0.15, 0.2) is 53.2 Å². The summed E-state index contributed by atoms with van der Waals surface area (Å²) in [6.07, 6.45) is -3.18. The molecule has 146 valence electrons. The summed E-state index contributed by atoms with van der Waals surface area (Å²) in [4.78, 5) is 16.0. The van der Waals surface area contributed by atoms with Crippen LogP contribution in [0.2, 0.25) is 0 Å². The van der Waals surface area contributed by atoms with Crippen molar-refractivity contribution in [2.45, 2.75) is 19.6 Å². The molecule has 1 aromatic carbocycles. The number of rotatable bonds is 6. The van der Waals surface area contributed by atoms with Crippen molar-refractivity contribution >= 4 is 5.91 Å². The minimum atomic E-state index is -4.48. The fourth-order valence-electron chi connectivity index (χ4n) is 2.34. The van der Waals surface area contributed by atoms with Gasteiger partial charge < -0.3 is 14.6 Å². The van der Waals surface area contributed by atoms with Gasteiger partial charge in [-0.15, -0.1) is 0 Å². The van der Waals surface area contributed by atoms with Crippen molar-refractivity contribution in [1.29, 1.82) is 0 Å².